The Balaban J connectivity index is 1.98. The maximum Gasteiger partial charge on any atom is 0.277 e. The first-order valence-corrected chi connectivity index (χ1v) is 7.69. The van der Waals surface area contributed by atoms with E-state index in [-0.39, 0.29) is 5.91 Å². The van der Waals surface area contributed by atoms with Gasteiger partial charge in [0.05, 0.1) is 5.51 Å². The predicted molar refractivity (Wildman–Crippen MR) is 86.5 cm³/mol. The van der Waals surface area contributed by atoms with Gasteiger partial charge in [0, 0.05) is 31.0 Å². The van der Waals surface area contributed by atoms with Gasteiger partial charge in [-0.3, -0.25) is 4.79 Å². The van der Waals surface area contributed by atoms with Gasteiger partial charge in [-0.2, -0.15) is 0 Å². The van der Waals surface area contributed by atoms with E-state index in [0.717, 1.165) is 18.0 Å². The number of methoxy groups -OCH3 is 1. The zero-order valence-electron chi connectivity index (χ0n) is 11.6. The van der Waals surface area contributed by atoms with E-state index in [1.165, 1.54) is 11.3 Å². The lowest BCUT2D eigenvalue weighted by Crippen LogP contribution is -2.15. The van der Waals surface area contributed by atoms with Crippen molar-refractivity contribution in [2.75, 3.05) is 30.9 Å². The summed E-state index contributed by atoms with van der Waals surface area (Å²) in [5.74, 6) is -0.257. The van der Waals surface area contributed by atoms with Crippen molar-refractivity contribution in [3.8, 4) is 0 Å². The van der Waals surface area contributed by atoms with Gasteiger partial charge in [-0.15, -0.1) is 11.3 Å². The fourth-order valence-electron chi connectivity index (χ4n) is 1.71. The quantitative estimate of drug-likeness (QED) is 0.765. The van der Waals surface area contributed by atoms with Gasteiger partial charge in [0.1, 0.15) is 5.00 Å². The zero-order valence-corrected chi connectivity index (χ0v) is 13.1. The van der Waals surface area contributed by atoms with Crippen LogP contribution < -0.4 is 10.6 Å². The second-order valence-electron chi connectivity index (χ2n) is 4.27. The third kappa shape index (κ3) is 4.70. The highest BCUT2D eigenvalue weighted by molar-refractivity contribution is 7.14. The third-order valence-corrected chi connectivity index (χ3v) is 3.70. The Morgan fingerprint density at radius 1 is 1.48 bits per heavy atom. The van der Waals surface area contributed by atoms with Crippen LogP contribution in [0.1, 0.15) is 16.9 Å². The standard InChI is InChI=1S/C14H16ClN3O2S/c1-20-7-3-6-16-14-12(17-9-21-14)13(19)18-11-5-2-4-10(15)8-11/h2,4-5,8-9,16H,3,6-7H2,1H3,(H,18,19). The van der Waals surface area contributed by atoms with E-state index >= 15 is 0 Å². The normalized spacial score (nSPS) is 10.4. The molecule has 1 aromatic heterocycles. The largest absolute Gasteiger partial charge is 0.385 e. The minimum atomic E-state index is -0.257. The Bertz CT molecular complexity index is 603. The van der Waals surface area contributed by atoms with Crippen LogP contribution in [0.5, 0.6) is 0 Å². The zero-order chi connectivity index (χ0) is 15.1. The van der Waals surface area contributed by atoms with Crippen LogP contribution in [0, 0.1) is 0 Å². The van der Waals surface area contributed by atoms with Crippen LogP contribution in [-0.2, 0) is 4.74 Å². The van der Waals surface area contributed by atoms with Gasteiger partial charge < -0.3 is 15.4 Å². The first-order valence-electron chi connectivity index (χ1n) is 6.44. The van der Waals surface area contributed by atoms with Crippen LogP contribution in [0.15, 0.2) is 29.8 Å². The number of nitrogens with one attached hydrogen (secondary N) is 2. The van der Waals surface area contributed by atoms with Gasteiger partial charge in [0.25, 0.3) is 5.91 Å². The third-order valence-electron chi connectivity index (χ3n) is 2.68. The van der Waals surface area contributed by atoms with Crippen molar-refractivity contribution >= 4 is 39.5 Å². The molecule has 0 aliphatic heterocycles. The molecule has 0 bridgehead atoms. The minimum absolute atomic E-state index is 0.257. The van der Waals surface area contributed by atoms with Crippen LogP contribution in [0.4, 0.5) is 10.7 Å². The van der Waals surface area contributed by atoms with E-state index in [1.54, 1.807) is 36.9 Å². The number of carbonyl (C=O) groups is 1. The Kier molecular flexibility index (Phi) is 5.98. The fourth-order valence-corrected chi connectivity index (χ4v) is 2.60. The molecular weight excluding hydrogens is 310 g/mol. The molecule has 21 heavy (non-hydrogen) atoms. The summed E-state index contributed by atoms with van der Waals surface area (Å²) in [5.41, 5.74) is 2.68. The SMILES string of the molecule is COCCCNc1scnc1C(=O)Nc1cccc(Cl)c1. The molecule has 0 radical (unpaired) electrons. The molecule has 2 N–H and O–H groups in total. The highest BCUT2D eigenvalue weighted by Gasteiger charge is 2.15. The Hall–Kier alpha value is -1.63. The van der Waals surface area contributed by atoms with E-state index < -0.39 is 0 Å². The average Bonchev–Trinajstić information content (AvgIpc) is 2.92. The first-order chi connectivity index (χ1) is 10.2. The topological polar surface area (TPSA) is 63.2 Å². The molecule has 0 saturated heterocycles. The molecule has 1 aromatic carbocycles. The summed E-state index contributed by atoms with van der Waals surface area (Å²) in [6.45, 7) is 1.41. The smallest absolute Gasteiger partial charge is 0.277 e. The van der Waals surface area contributed by atoms with Crippen molar-refractivity contribution in [1.29, 1.82) is 0 Å². The van der Waals surface area contributed by atoms with Crippen molar-refractivity contribution in [3.63, 3.8) is 0 Å². The van der Waals surface area contributed by atoms with Crippen molar-refractivity contribution in [2.24, 2.45) is 0 Å². The van der Waals surface area contributed by atoms with Gasteiger partial charge in [0.15, 0.2) is 5.69 Å². The number of amides is 1. The fraction of sp³-hybridized carbons (Fsp3) is 0.286. The monoisotopic (exact) mass is 325 g/mol. The van der Waals surface area contributed by atoms with Crippen molar-refractivity contribution in [2.45, 2.75) is 6.42 Å². The van der Waals surface area contributed by atoms with Gasteiger partial charge in [-0.1, -0.05) is 17.7 Å². The molecule has 0 fully saturated rings. The number of thiazole rings is 1. The van der Waals surface area contributed by atoms with Crippen molar-refractivity contribution in [3.05, 3.63) is 40.5 Å². The molecule has 5 nitrogen and oxygen atoms in total. The maximum absolute atomic E-state index is 12.2. The number of benzene rings is 1. The first kappa shape index (κ1) is 15.8. The number of aromatic nitrogens is 1. The predicted octanol–water partition coefficient (Wildman–Crippen LogP) is 3.50. The summed E-state index contributed by atoms with van der Waals surface area (Å²) in [4.78, 5) is 16.3. The number of nitrogens with zero attached hydrogens (tertiary/aromatic N) is 1. The Morgan fingerprint density at radius 2 is 2.33 bits per heavy atom. The highest BCUT2D eigenvalue weighted by Crippen LogP contribution is 2.22. The summed E-state index contributed by atoms with van der Waals surface area (Å²) >= 11 is 7.29. The Labute approximate surface area is 132 Å². The number of rotatable bonds is 7. The van der Waals surface area contributed by atoms with Crippen molar-refractivity contribution < 1.29 is 9.53 Å². The van der Waals surface area contributed by atoms with Crippen LogP contribution in [0.2, 0.25) is 5.02 Å². The average molecular weight is 326 g/mol. The van der Waals surface area contributed by atoms with E-state index in [2.05, 4.69) is 15.6 Å². The van der Waals surface area contributed by atoms with E-state index in [4.69, 9.17) is 16.3 Å². The molecule has 0 aliphatic carbocycles. The summed E-state index contributed by atoms with van der Waals surface area (Å²) in [6, 6.07) is 7.01. The van der Waals surface area contributed by atoms with Gasteiger partial charge in [0.2, 0.25) is 0 Å². The maximum atomic E-state index is 12.2. The van der Waals surface area contributed by atoms with Gasteiger partial charge in [-0.25, -0.2) is 4.98 Å². The van der Waals surface area contributed by atoms with Crippen LogP contribution in [-0.4, -0.2) is 31.2 Å². The van der Waals surface area contributed by atoms with Crippen LogP contribution >= 0.6 is 22.9 Å². The number of halogens is 1. The number of carbonyl (C=O) groups excluding carboxylic acids is 1. The molecule has 2 rings (SSSR count). The number of ether oxygens (including phenoxy) is 1. The van der Waals surface area contributed by atoms with Crippen LogP contribution in [0.25, 0.3) is 0 Å². The lowest BCUT2D eigenvalue weighted by molar-refractivity contribution is 0.102. The second-order valence-corrected chi connectivity index (χ2v) is 5.56. The highest BCUT2D eigenvalue weighted by atomic mass is 35.5. The minimum Gasteiger partial charge on any atom is -0.385 e. The van der Waals surface area contributed by atoms with Gasteiger partial charge in [-0.05, 0) is 24.6 Å². The molecule has 0 unspecified atom stereocenters. The molecule has 7 heteroatoms. The van der Waals surface area contributed by atoms with Crippen molar-refractivity contribution in [1.82, 2.24) is 4.98 Å². The van der Waals surface area contributed by atoms with Gasteiger partial charge >= 0.3 is 0 Å². The molecule has 0 saturated carbocycles. The number of hydrogen-bond donors (Lipinski definition) is 2. The van der Waals surface area contributed by atoms with E-state index in [9.17, 15) is 4.79 Å². The summed E-state index contributed by atoms with van der Waals surface area (Å²) in [6.07, 6.45) is 0.865. The van der Waals surface area contributed by atoms with Crippen LogP contribution in [0.3, 0.4) is 0 Å². The summed E-state index contributed by atoms with van der Waals surface area (Å²) < 4.78 is 4.99. The molecule has 2 aromatic rings. The van der Waals surface area contributed by atoms with E-state index in [1.807, 2.05) is 0 Å². The molecule has 0 spiro atoms. The Morgan fingerprint density at radius 3 is 3.10 bits per heavy atom. The van der Waals surface area contributed by atoms with E-state index in [0.29, 0.717) is 23.0 Å². The number of hydrogen-bond acceptors (Lipinski definition) is 5. The molecule has 0 aliphatic rings. The number of anilines is 2. The second kappa shape index (κ2) is 7.97. The lowest BCUT2D eigenvalue weighted by Gasteiger charge is -2.07. The summed E-state index contributed by atoms with van der Waals surface area (Å²) in [5, 5.41) is 7.31. The summed E-state index contributed by atoms with van der Waals surface area (Å²) in [7, 11) is 1.66. The lowest BCUT2D eigenvalue weighted by atomic mass is 10.3. The molecule has 0 atom stereocenters. The molecule has 112 valence electrons. The molecular formula is C14H16ClN3O2S. The molecule has 1 amide bonds. The molecule has 1 heterocycles.